The number of rotatable bonds is 2. The molecule has 1 aliphatic carbocycles. The molecule has 2 rings (SSSR count). The van der Waals surface area contributed by atoms with E-state index in [-0.39, 0.29) is 0 Å². The molecule has 2 heteroatoms. The molecule has 1 aromatic rings. The van der Waals surface area contributed by atoms with E-state index >= 15 is 0 Å². The highest BCUT2D eigenvalue weighted by Crippen LogP contribution is 2.41. The fraction of sp³-hybridized carbons (Fsp3) is 0.300. The average molecular weight is 160 g/mol. The standard InChI is InChI=1S/C10H12N2/c11-12-7-9-3-1-2-4-10(9)8-5-6-8/h1-4,7-8H,5-6,11H2/b12-7+. The molecule has 12 heavy (non-hydrogen) atoms. The Morgan fingerprint density at radius 1 is 1.33 bits per heavy atom. The van der Waals surface area contributed by atoms with E-state index in [9.17, 15) is 0 Å². The van der Waals surface area contributed by atoms with Gasteiger partial charge in [-0.1, -0.05) is 24.3 Å². The van der Waals surface area contributed by atoms with E-state index < -0.39 is 0 Å². The molecule has 1 aliphatic rings. The Morgan fingerprint density at radius 2 is 2.08 bits per heavy atom. The van der Waals surface area contributed by atoms with Crippen molar-refractivity contribution in [3.63, 3.8) is 0 Å². The molecule has 0 amide bonds. The van der Waals surface area contributed by atoms with E-state index in [2.05, 4.69) is 23.3 Å². The van der Waals surface area contributed by atoms with Gasteiger partial charge in [0, 0.05) is 0 Å². The van der Waals surface area contributed by atoms with Crippen LogP contribution in [0.5, 0.6) is 0 Å². The second-order valence-electron chi connectivity index (χ2n) is 3.18. The number of hydrazone groups is 1. The molecule has 2 N–H and O–H groups in total. The van der Waals surface area contributed by atoms with Gasteiger partial charge in [-0.15, -0.1) is 0 Å². The Labute approximate surface area is 72.1 Å². The van der Waals surface area contributed by atoms with Gasteiger partial charge in [-0.2, -0.15) is 5.10 Å². The minimum atomic E-state index is 0.763. The van der Waals surface area contributed by atoms with Crippen LogP contribution in [0.4, 0.5) is 0 Å². The Kier molecular flexibility index (Phi) is 1.82. The number of nitrogens with two attached hydrogens (primary N) is 1. The first-order valence-corrected chi connectivity index (χ1v) is 4.24. The molecule has 2 nitrogen and oxygen atoms in total. The van der Waals surface area contributed by atoms with Crippen LogP contribution in [0.15, 0.2) is 29.4 Å². The number of hydrogen-bond acceptors (Lipinski definition) is 2. The number of benzene rings is 1. The van der Waals surface area contributed by atoms with Crippen LogP contribution in [0.2, 0.25) is 0 Å². The van der Waals surface area contributed by atoms with E-state index in [1.807, 2.05) is 6.07 Å². The van der Waals surface area contributed by atoms with Crippen molar-refractivity contribution in [2.45, 2.75) is 18.8 Å². The van der Waals surface area contributed by atoms with Gasteiger partial charge < -0.3 is 5.84 Å². The highest BCUT2D eigenvalue weighted by molar-refractivity contribution is 5.81. The summed E-state index contributed by atoms with van der Waals surface area (Å²) in [5.41, 5.74) is 2.56. The zero-order chi connectivity index (χ0) is 8.39. The lowest BCUT2D eigenvalue weighted by molar-refractivity contribution is 1.12. The Hall–Kier alpha value is -1.31. The summed E-state index contributed by atoms with van der Waals surface area (Å²) >= 11 is 0. The number of nitrogens with zero attached hydrogens (tertiary/aromatic N) is 1. The molecule has 0 aromatic heterocycles. The van der Waals surface area contributed by atoms with Gasteiger partial charge in [-0.3, -0.25) is 0 Å². The van der Waals surface area contributed by atoms with E-state index in [4.69, 9.17) is 5.84 Å². The Morgan fingerprint density at radius 3 is 2.75 bits per heavy atom. The largest absolute Gasteiger partial charge is 0.323 e. The maximum atomic E-state index is 5.12. The Balaban J connectivity index is 2.36. The van der Waals surface area contributed by atoms with E-state index in [1.54, 1.807) is 6.21 Å². The first-order chi connectivity index (χ1) is 5.92. The van der Waals surface area contributed by atoms with Crippen molar-refractivity contribution in [1.29, 1.82) is 0 Å². The molecule has 0 unspecified atom stereocenters. The molecule has 0 bridgehead atoms. The number of hydrogen-bond donors (Lipinski definition) is 1. The third-order valence-corrected chi connectivity index (χ3v) is 2.23. The van der Waals surface area contributed by atoms with Crippen LogP contribution in [0.25, 0.3) is 0 Å². The van der Waals surface area contributed by atoms with Crippen molar-refractivity contribution in [3.05, 3.63) is 35.4 Å². The van der Waals surface area contributed by atoms with Gasteiger partial charge in [-0.25, -0.2) is 0 Å². The molecule has 1 aromatic carbocycles. The molecule has 0 radical (unpaired) electrons. The maximum absolute atomic E-state index is 5.12. The zero-order valence-electron chi connectivity index (χ0n) is 6.90. The molecule has 0 aliphatic heterocycles. The SMILES string of the molecule is N/N=C/c1ccccc1C1CC1. The van der Waals surface area contributed by atoms with E-state index in [0.29, 0.717) is 0 Å². The van der Waals surface area contributed by atoms with Crippen molar-refractivity contribution in [3.8, 4) is 0 Å². The van der Waals surface area contributed by atoms with Crippen LogP contribution < -0.4 is 5.84 Å². The lowest BCUT2D eigenvalue weighted by Crippen LogP contribution is -1.92. The van der Waals surface area contributed by atoms with Gasteiger partial charge in [0.05, 0.1) is 6.21 Å². The lowest BCUT2D eigenvalue weighted by Gasteiger charge is -2.01. The van der Waals surface area contributed by atoms with Gasteiger partial charge in [0.15, 0.2) is 0 Å². The van der Waals surface area contributed by atoms with Gasteiger partial charge in [0.25, 0.3) is 0 Å². The van der Waals surface area contributed by atoms with Gasteiger partial charge in [0.2, 0.25) is 0 Å². The smallest absolute Gasteiger partial charge is 0.0540 e. The normalized spacial score (nSPS) is 17.0. The van der Waals surface area contributed by atoms with Gasteiger partial charge in [0.1, 0.15) is 0 Å². The molecule has 0 atom stereocenters. The molecule has 0 spiro atoms. The summed E-state index contributed by atoms with van der Waals surface area (Å²) in [6, 6.07) is 8.31. The molecule has 62 valence electrons. The maximum Gasteiger partial charge on any atom is 0.0540 e. The lowest BCUT2D eigenvalue weighted by atomic mass is 10.0. The van der Waals surface area contributed by atoms with Crippen molar-refractivity contribution >= 4 is 6.21 Å². The van der Waals surface area contributed by atoms with Crippen LogP contribution in [-0.4, -0.2) is 6.21 Å². The summed E-state index contributed by atoms with van der Waals surface area (Å²) in [7, 11) is 0. The summed E-state index contributed by atoms with van der Waals surface area (Å²) in [4.78, 5) is 0. The van der Waals surface area contributed by atoms with Crippen molar-refractivity contribution in [2.24, 2.45) is 10.9 Å². The van der Waals surface area contributed by atoms with Crippen LogP contribution in [0, 0.1) is 0 Å². The van der Waals surface area contributed by atoms with E-state index in [1.165, 1.54) is 24.0 Å². The van der Waals surface area contributed by atoms with Crippen LogP contribution >= 0.6 is 0 Å². The summed E-state index contributed by atoms with van der Waals surface area (Å²) in [5.74, 6) is 5.88. The van der Waals surface area contributed by atoms with Crippen molar-refractivity contribution in [2.75, 3.05) is 0 Å². The van der Waals surface area contributed by atoms with Gasteiger partial charge in [-0.05, 0) is 29.9 Å². The van der Waals surface area contributed by atoms with Crippen LogP contribution in [-0.2, 0) is 0 Å². The third kappa shape index (κ3) is 1.33. The summed E-state index contributed by atoms with van der Waals surface area (Å²) in [6.07, 6.45) is 4.36. The first kappa shape index (κ1) is 7.35. The predicted molar refractivity (Wildman–Crippen MR) is 50.2 cm³/mol. The summed E-state index contributed by atoms with van der Waals surface area (Å²) in [5, 5.41) is 3.55. The Bertz CT molecular complexity index is 300. The predicted octanol–water partition coefficient (Wildman–Crippen LogP) is 1.86. The third-order valence-electron chi connectivity index (χ3n) is 2.23. The first-order valence-electron chi connectivity index (χ1n) is 4.24. The van der Waals surface area contributed by atoms with Crippen LogP contribution in [0.1, 0.15) is 29.9 Å². The molecule has 0 saturated heterocycles. The van der Waals surface area contributed by atoms with Crippen molar-refractivity contribution in [1.82, 2.24) is 0 Å². The highest BCUT2D eigenvalue weighted by atomic mass is 15.1. The van der Waals surface area contributed by atoms with Gasteiger partial charge >= 0.3 is 0 Å². The summed E-state index contributed by atoms with van der Waals surface area (Å²) in [6.45, 7) is 0. The summed E-state index contributed by atoms with van der Waals surface area (Å²) < 4.78 is 0. The fourth-order valence-corrected chi connectivity index (χ4v) is 1.47. The highest BCUT2D eigenvalue weighted by Gasteiger charge is 2.24. The monoisotopic (exact) mass is 160 g/mol. The second-order valence-corrected chi connectivity index (χ2v) is 3.18. The zero-order valence-corrected chi connectivity index (χ0v) is 6.90. The molecule has 1 saturated carbocycles. The molecular formula is C10H12N2. The van der Waals surface area contributed by atoms with Crippen LogP contribution in [0.3, 0.4) is 0 Å². The average Bonchev–Trinajstić information content (AvgIpc) is 2.89. The molecule has 0 heterocycles. The second kappa shape index (κ2) is 2.97. The molecule has 1 fully saturated rings. The quantitative estimate of drug-likeness (QED) is 0.400. The minimum Gasteiger partial charge on any atom is -0.323 e. The fourth-order valence-electron chi connectivity index (χ4n) is 1.47. The topological polar surface area (TPSA) is 38.4 Å². The molecular weight excluding hydrogens is 148 g/mol. The minimum absolute atomic E-state index is 0.763. The van der Waals surface area contributed by atoms with Crippen molar-refractivity contribution < 1.29 is 0 Å². The van der Waals surface area contributed by atoms with E-state index in [0.717, 1.165) is 5.92 Å².